The van der Waals surface area contributed by atoms with Crippen molar-refractivity contribution in [1.29, 1.82) is 0 Å². The van der Waals surface area contributed by atoms with E-state index < -0.39 is 0 Å². The van der Waals surface area contributed by atoms with Gasteiger partial charge in [-0.15, -0.1) is 0 Å². The summed E-state index contributed by atoms with van der Waals surface area (Å²) in [6, 6.07) is 8.14. The van der Waals surface area contributed by atoms with Crippen molar-refractivity contribution in [3.63, 3.8) is 0 Å². The van der Waals surface area contributed by atoms with Gasteiger partial charge in [-0.3, -0.25) is 0 Å². The Labute approximate surface area is 135 Å². The molecule has 0 bridgehead atoms. The van der Waals surface area contributed by atoms with Crippen LogP contribution in [0, 0.1) is 5.92 Å². The molecule has 1 fully saturated rings. The van der Waals surface area contributed by atoms with Crippen LogP contribution >= 0.6 is 0 Å². The number of hydrogen-bond acceptors (Lipinski definition) is 3. The van der Waals surface area contributed by atoms with Gasteiger partial charge in [0.2, 0.25) is 0 Å². The molecule has 1 unspecified atom stereocenters. The molecule has 122 valence electrons. The van der Waals surface area contributed by atoms with Crippen LogP contribution in [0.4, 0.5) is 11.4 Å². The largest absolute Gasteiger partial charge is 0.397 e. The molecule has 0 radical (unpaired) electrons. The third-order valence-electron chi connectivity index (χ3n) is 4.44. The maximum Gasteiger partial charge on any atom is 0.0600 e. The summed E-state index contributed by atoms with van der Waals surface area (Å²) in [5.41, 5.74) is 9.49. The van der Waals surface area contributed by atoms with E-state index in [4.69, 9.17) is 10.5 Å². The Morgan fingerprint density at radius 1 is 1.32 bits per heavy atom. The molecule has 1 atom stereocenters. The quantitative estimate of drug-likeness (QED) is 0.547. The van der Waals surface area contributed by atoms with Gasteiger partial charge in [0, 0.05) is 26.3 Å². The van der Waals surface area contributed by atoms with Crippen LogP contribution in [0.3, 0.4) is 0 Å². The van der Waals surface area contributed by atoms with E-state index in [1.54, 1.807) is 0 Å². The third-order valence-corrected chi connectivity index (χ3v) is 4.44. The number of nitrogen functional groups attached to an aromatic ring is 1. The summed E-state index contributed by atoms with van der Waals surface area (Å²) in [4.78, 5) is 2.39. The molecule has 0 aliphatic carbocycles. The summed E-state index contributed by atoms with van der Waals surface area (Å²) in [5.74, 6) is 0.744. The van der Waals surface area contributed by atoms with Crippen molar-refractivity contribution in [2.45, 2.75) is 39.0 Å². The second kappa shape index (κ2) is 8.84. The monoisotopic (exact) mass is 302 g/mol. The summed E-state index contributed by atoms with van der Waals surface area (Å²) < 4.78 is 5.44. The van der Waals surface area contributed by atoms with Crippen molar-refractivity contribution >= 4 is 11.4 Å². The zero-order chi connectivity index (χ0) is 15.8. The van der Waals surface area contributed by atoms with Crippen LogP contribution < -0.4 is 10.6 Å². The van der Waals surface area contributed by atoms with Gasteiger partial charge < -0.3 is 15.4 Å². The van der Waals surface area contributed by atoms with Crippen LogP contribution in [-0.2, 0) is 4.74 Å². The molecule has 22 heavy (non-hydrogen) atoms. The first kappa shape index (κ1) is 16.9. The Morgan fingerprint density at radius 2 is 2.14 bits per heavy atom. The highest BCUT2D eigenvalue weighted by atomic mass is 16.5. The van der Waals surface area contributed by atoms with Gasteiger partial charge in [-0.25, -0.2) is 0 Å². The van der Waals surface area contributed by atoms with Gasteiger partial charge in [-0.1, -0.05) is 31.2 Å². The molecule has 3 nitrogen and oxygen atoms in total. The van der Waals surface area contributed by atoms with Crippen molar-refractivity contribution in [2.75, 3.05) is 36.9 Å². The smallest absolute Gasteiger partial charge is 0.0600 e. The van der Waals surface area contributed by atoms with Gasteiger partial charge in [0.15, 0.2) is 0 Å². The van der Waals surface area contributed by atoms with Gasteiger partial charge in [-0.2, -0.15) is 0 Å². The third kappa shape index (κ3) is 5.06. The van der Waals surface area contributed by atoms with Crippen LogP contribution in [0.25, 0.3) is 0 Å². The number of anilines is 2. The van der Waals surface area contributed by atoms with Crippen molar-refractivity contribution in [2.24, 2.45) is 5.92 Å². The standard InChI is InChI=1S/C19H30N2O/c1-3-12-21(19-7-5-4-6-18(19)20)13-10-16(2)8-9-17-11-14-22-15-17/h4-7,17H,2-3,8-15,20H2,1H3. The maximum atomic E-state index is 6.12. The minimum atomic E-state index is 0.744. The highest BCUT2D eigenvalue weighted by molar-refractivity contribution is 5.67. The minimum Gasteiger partial charge on any atom is -0.397 e. The summed E-state index contributed by atoms with van der Waals surface area (Å²) in [6.07, 6.45) is 5.73. The van der Waals surface area contributed by atoms with Crippen molar-refractivity contribution in [3.8, 4) is 0 Å². The van der Waals surface area contributed by atoms with Crippen LogP contribution in [-0.4, -0.2) is 26.3 Å². The SMILES string of the molecule is C=C(CCC1CCOC1)CCN(CCC)c1ccccc1N. The predicted molar refractivity (Wildman–Crippen MR) is 95.3 cm³/mol. The first-order valence-corrected chi connectivity index (χ1v) is 8.54. The number of nitrogens with zero attached hydrogens (tertiary/aromatic N) is 1. The van der Waals surface area contributed by atoms with E-state index >= 15 is 0 Å². The maximum absolute atomic E-state index is 6.12. The Morgan fingerprint density at radius 3 is 2.82 bits per heavy atom. The topological polar surface area (TPSA) is 38.5 Å². The summed E-state index contributed by atoms with van der Waals surface area (Å²) >= 11 is 0. The number of para-hydroxylation sites is 2. The van der Waals surface area contributed by atoms with E-state index in [1.807, 2.05) is 12.1 Å². The molecule has 1 aromatic carbocycles. The Kier molecular flexibility index (Phi) is 6.78. The van der Waals surface area contributed by atoms with Crippen molar-refractivity contribution in [1.82, 2.24) is 0 Å². The average Bonchev–Trinajstić information content (AvgIpc) is 3.03. The molecule has 0 saturated carbocycles. The van der Waals surface area contributed by atoms with Crippen LogP contribution in [0.2, 0.25) is 0 Å². The fourth-order valence-electron chi connectivity index (χ4n) is 3.04. The highest BCUT2D eigenvalue weighted by Gasteiger charge is 2.15. The first-order chi connectivity index (χ1) is 10.7. The number of rotatable bonds is 9. The Hall–Kier alpha value is -1.48. The van der Waals surface area contributed by atoms with E-state index in [1.165, 1.54) is 18.4 Å². The zero-order valence-corrected chi connectivity index (χ0v) is 13.9. The van der Waals surface area contributed by atoms with Crippen molar-refractivity contribution < 1.29 is 4.74 Å². The fourth-order valence-corrected chi connectivity index (χ4v) is 3.04. The molecule has 2 rings (SSSR count). The zero-order valence-electron chi connectivity index (χ0n) is 13.9. The van der Waals surface area contributed by atoms with E-state index in [-0.39, 0.29) is 0 Å². The first-order valence-electron chi connectivity index (χ1n) is 8.54. The van der Waals surface area contributed by atoms with Gasteiger partial charge in [0.25, 0.3) is 0 Å². The van der Waals surface area contributed by atoms with Gasteiger partial charge in [0.1, 0.15) is 0 Å². The molecular weight excluding hydrogens is 272 g/mol. The summed E-state index contributed by atoms with van der Waals surface area (Å²) in [7, 11) is 0. The van der Waals surface area contributed by atoms with Crippen molar-refractivity contribution in [3.05, 3.63) is 36.4 Å². The summed E-state index contributed by atoms with van der Waals surface area (Å²) in [6.45, 7) is 10.4. The molecule has 0 aromatic heterocycles. The lowest BCUT2D eigenvalue weighted by Crippen LogP contribution is -2.26. The molecule has 1 aliphatic rings. The second-order valence-corrected chi connectivity index (χ2v) is 6.31. The van der Waals surface area contributed by atoms with Crippen LogP contribution in [0.1, 0.15) is 39.0 Å². The molecule has 3 heteroatoms. The lowest BCUT2D eigenvalue weighted by Gasteiger charge is -2.26. The second-order valence-electron chi connectivity index (χ2n) is 6.31. The molecule has 1 heterocycles. The van der Waals surface area contributed by atoms with Gasteiger partial charge >= 0.3 is 0 Å². The van der Waals surface area contributed by atoms with Gasteiger partial charge in [0.05, 0.1) is 11.4 Å². The molecule has 0 amide bonds. The molecular formula is C19H30N2O. The Balaban J connectivity index is 1.80. The minimum absolute atomic E-state index is 0.744. The molecule has 1 aromatic rings. The van der Waals surface area contributed by atoms with Crippen LogP contribution in [0.15, 0.2) is 36.4 Å². The molecule has 2 N–H and O–H groups in total. The number of ether oxygens (including phenoxy) is 1. The number of hydrogen-bond donors (Lipinski definition) is 1. The van der Waals surface area contributed by atoms with Crippen LogP contribution in [0.5, 0.6) is 0 Å². The highest BCUT2D eigenvalue weighted by Crippen LogP contribution is 2.25. The van der Waals surface area contributed by atoms with E-state index in [0.29, 0.717) is 0 Å². The lowest BCUT2D eigenvalue weighted by atomic mass is 9.98. The Bertz CT molecular complexity index is 466. The van der Waals surface area contributed by atoms with E-state index in [2.05, 4.69) is 30.5 Å². The molecule has 1 saturated heterocycles. The average molecular weight is 302 g/mol. The van der Waals surface area contributed by atoms with E-state index in [9.17, 15) is 0 Å². The predicted octanol–water partition coefficient (Wildman–Crippen LogP) is 4.25. The van der Waals surface area contributed by atoms with E-state index in [0.717, 1.165) is 62.9 Å². The molecule has 0 spiro atoms. The van der Waals surface area contributed by atoms with Gasteiger partial charge in [-0.05, 0) is 50.2 Å². The normalized spacial score (nSPS) is 17.6. The fraction of sp³-hybridized carbons (Fsp3) is 0.579. The lowest BCUT2D eigenvalue weighted by molar-refractivity contribution is 0.184. The summed E-state index contributed by atoms with van der Waals surface area (Å²) in [5, 5.41) is 0. The number of nitrogens with two attached hydrogens (primary N) is 1. The number of benzene rings is 1. The molecule has 1 aliphatic heterocycles.